The van der Waals surface area contributed by atoms with Gasteiger partial charge in [-0.15, -0.1) is 0 Å². The molecule has 0 aliphatic carbocycles. The van der Waals surface area contributed by atoms with Crippen LogP contribution in [-0.2, 0) is 0 Å². The Hall–Kier alpha value is -2.38. The van der Waals surface area contributed by atoms with E-state index >= 15 is 0 Å². The summed E-state index contributed by atoms with van der Waals surface area (Å²) in [5, 5.41) is 0. The van der Waals surface area contributed by atoms with E-state index in [0.717, 1.165) is 17.2 Å². The lowest BCUT2D eigenvalue weighted by molar-refractivity contribution is 0.482. The fourth-order valence-electron chi connectivity index (χ4n) is 1.44. The van der Waals surface area contributed by atoms with Crippen molar-refractivity contribution in [3.8, 4) is 11.5 Å². The molecule has 0 saturated heterocycles. The van der Waals surface area contributed by atoms with Gasteiger partial charge in [-0.3, -0.25) is 0 Å². The Morgan fingerprint density at radius 2 is 1.44 bits per heavy atom. The average molecular weight is 238 g/mol. The highest BCUT2D eigenvalue weighted by Gasteiger charge is 1.97. The zero-order chi connectivity index (χ0) is 12.8. The summed E-state index contributed by atoms with van der Waals surface area (Å²) in [6, 6.07) is 18.0. The van der Waals surface area contributed by atoms with E-state index in [4.69, 9.17) is 4.74 Å². The van der Waals surface area contributed by atoms with Gasteiger partial charge in [0.25, 0.3) is 0 Å². The molecule has 0 radical (unpaired) electrons. The third-order valence-electron chi connectivity index (χ3n) is 2.37. The summed E-state index contributed by atoms with van der Waals surface area (Å²) in [6.07, 6.45) is 0. The second-order valence-corrected chi connectivity index (χ2v) is 3.84. The third-order valence-corrected chi connectivity index (χ3v) is 2.37. The van der Waals surface area contributed by atoms with Crippen molar-refractivity contribution >= 4 is 11.7 Å². The number of ether oxygens (including phenoxy) is 1. The van der Waals surface area contributed by atoms with Gasteiger partial charge < -0.3 is 4.74 Å². The summed E-state index contributed by atoms with van der Waals surface area (Å²) in [5.74, 6) is 1.61. The second kappa shape index (κ2) is 5.80. The van der Waals surface area contributed by atoms with Gasteiger partial charge in [-0.1, -0.05) is 17.7 Å². The predicted octanol–water partition coefficient (Wildman–Crippen LogP) is 4.22. The van der Waals surface area contributed by atoms with E-state index in [1.807, 2.05) is 55.5 Å². The molecule has 0 fully saturated rings. The largest absolute Gasteiger partial charge is 0.457 e. The number of aliphatic imine (C=N–C) groups is 2. The lowest BCUT2D eigenvalue weighted by Gasteiger charge is -2.05. The Labute approximate surface area is 106 Å². The molecule has 0 unspecified atom stereocenters. The molecule has 0 bridgehead atoms. The fraction of sp³-hybridized carbons (Fsp3) is 0.133. The number of benzene rings is 2. The summed E-state index contributed by atoms with van der Waals surface area (Å²) in [5.41, 5.74) is 2.02. The molecule has 2 aromatic carbocycles. The lowest BCUT2D eigenvalue weighted by atomic mass is 10.2. The zero-order valence-electron chi connectivity index (χ0n) is 10.4. The summed E-state index contributed by atoms with van der Waals surface area (Å²) in [7, 11) is 1.64. The van der Waals surface area contributed by atoms with Crippen LogP contribution in [0, 0.1) is 6.92 Å². The van der Waals surface area contributed by atoms with Gasteiger partial charge in [0.1, 0.15) is 11.5 Å². The second-order valence-electron chi connectivity index (χ2n) is 3.84. The molecule has 0 saturated carbocycles. The standard InChI is InChI=1S/C15H14N2O/c1-12-3-7-14(8-4-12)18-15-9-5-13(6-10-15)17-11-16-2/h3-10H,1-2H3. The summed E-state index contributed by atoms with van der Waals surface area (Å²) >= 11 is 0. The molecule has 2 aromatic rings. The normalized spacial score (nSPS) is 9.44. The first-order valence-electron chi connectivity index (χ1n) is 5.67. The molecule has 0 aliphatic heterocycles. The predicted molar refractivity (Wildman–Crippen MR) is 73.1 cm³/mol. The SMILES string of the molecule is CN=C=Nc1ccc(Oc2ccc(C)cc2)cc1. The Balaban J connectivity index is 2.10. The molecule has 3 heteroatoms. The summed E-state index contributed by atoms with van der Waals surface area (Å²) in [4.78, 5) is 7.69. The molecule has 0 heterocycles. The van der Waals surface area contributed by atoms with Crippen molar-refractivity contribution in [3.05, 3.63) is 54.1 Å². The minimum Gasteiger partial charge on any atom is -0.457 e. The molecule has 0 aliphatic rings. The molecule has 18 heavy (non-hydrogen) atoms. The van der Waals surface area contributed by atoms with Gasteiger partial charge in [0.2, 0.25) is 0 Å². The third kappa shape index (κ3) is 3.30. The van der Waals surface area contributed by atoms with Gasteiger partial charge in [0.05, 0.1) is 11.7 Å². The smallest absolute Gasteiger partial charge is 0.127 e. The molecule has 3 nitrogen and oxygen atoms in total. The van der Waals surface area contributed by atoms with Crippen LogP contribution in [0.5, 0.6) is 11.5 Å². The minimum atomic E-state index is 0.784. The van der Waals surface area contributed by atoms with E-state index in [2.05, 4.69) is 16.0 Å². The van der Waals surface area contributed by atoms with E-state index < -0.39 is 0 Å². The van der Waals surface area contributed by atoms with Gasteiger partial charge in [0, 0.05) is 7.05 Å². The van der Waals surface area contributed by atoms with Crippen LogP contribution >= 0.6 is 0 Å². The molecule has 0 atom stereocenters. The fourth-order valence-corrected chi connectivity index (χ4v) is 1.44. The van der Waals surface area contributed by atoms with Crippen molar-refractivity contribution in [2.24, 2.45) is 9.98 Å². The summed E-state index contributed by atoms with van der Waals surface area (Å²) < 4.78 is 5.71. The highest BCUT2D eigenvalue weighted by molar-refractivity contribution is 5.53. The molecule has 0 spiro atoms. The maximum atomic E-state index is 5.71. The number of rotatable bonds is 3. The van der Waals surface area contributed by atoms with Gasteiger partial charge in [-0.25, -0.2) is 4.99 Å². The van der Waals surface area contributed by atoms with Crippen molar-refractivity contribution in [3.63, 3.8) is 0 Å². The van der Waals surface area contributed by atoms with E-state index in [0.29, 0.717) is 0 Å². The molecule has 0 N–H and O–H groups in total. The topological polar surface area (TPSA) is 34.0 Å². The number of nitrogens with zero attached hydrogens (tertiary/aromatic N) is 2. The van der Waals surface area contributed by atoms with Gasteiger partial charge in [-0.2, -0.15) is 4.99 Å². The summed E-state index contributed by atoms with van der Waals surface area (Å²) in [6.45, 7) is 2.05. The molecular weight excluding hydrogens is 224 g/mol. The van der Waals surface area contributed by atoms with E-state index in [9.17, 15) is 0 Å². The van der Waals surface area contributed by atoms with Crippen LogP contribution in [0.2, 0.25) is 0 Å². The zero-order valence-corrected chi connectivity index (χ0v) is 10.4. The monoisotopic (exact) mass is 238 g/mol. The van der Waals surface area contributed by atoms with E-state index in [1.54, 1.807) is 7.05 Å². The number of hydrogen-bond acceptors (Lipinski definition) is 3. The van der Waals surface area contributed by atoms with Crippen LogP contribution in [0.25, 0.3) is 0 Å². The first kappa shape index (κ1) is 12.1. The molecule has 0 aromatic heterocycles. The van der Waals surface area contributed by atoms with Crippen molar-refractivity contribution < 1.29 is 4.74 Å². The first-order chi connectivity index (χ1) is 8.78. The first-order valence-corrected chi connectivity index (χ1v) is 5.67. The van der Waals surface area contributed by atoms with Crippen LogP contribution < -0.4 is 4.74 Å². The van der Waals surface area contributed by atoms with Crippen molar-refractivity contribution in [2.75, 3.05) is 7.05 Å². The van der Waals surface area contributed by atoms with Gasteiger partial charge in [-0.05, 0) is 43.3 Å². The van der Waals surface area contributed by atoms with Crippen molar-refractivity contribution in [1.82, 2.24) is 0 Å². The Bertz CT molecular complexity index is 564. The van der Waals surface area contributed by atoms with E-state index in [-0.39, 0.29) is 0 Å². The maximum absolute atomic E-state index is 5.71. The number of aryl methyl sites for hydroxylation is 1. The Morgan fingerprint density at radius 3 is 2.00 bits per heavy atom. The molecular formula is C15H14N2O. The molecule has 0 amide bonds. The van der Waals surface area contributed by atoms with Crippen LogP contribution in [0.15, 0.2) is 58.5 Å². The van der Waals surface area contributed by atoms with Crippen LogP contribution in [0.3, 0.4) is 0 Å². The molecule has 90 valence electrons. The van der Waals surface area contributed by atoms with Gasteiger partial charge >= 0.3 is 0 Å². The number of hydrogen-bond donors (Lipinski definition) is 0. The van der Waals surface area contributed by atoms with Crippen molar-refractivity contribution in [2.45, 2.75) is 6.92 Å². The quantitative estimate of drug-likeness (QED) is 0.737. The highest BCUT2D eigenvalue weighted by atomic mass is 16.5. The van der Waals surface area contributed by atoms with Crippen LogP contribution in [0.1, 0.15) is 5.56 Å². The molecule has 2 rings (SSSR count). The highest BCUT2D eigenvalue weighted by Crippen LogP contribution is 2.23. The average Bonchev–Trinajstić information content (AvgIpc) is 2.41. The minimum absolute atomic E-state index is 0.784. The van der Waals surface area contributed by atoms with Gasteiger partial charge in [0.15, 0.2) is 0 Å². The van der Waals surface area contributed by atoms with Crippen molar-refractivity contribution in [1.29, 1.82) is 0 Å². The maximum Gasteiger partial charge on any atom is 0.127 e. The van der Waals surface area contributed by atoms with E-state index in [1.165, 1.54) is 5.56 Å². The Kier molecular flexibility index (Phi) is 3.90. The van der Waals surface area contributed by atoms with Crippen LogP contribution in [0.4, 0.5) is 5.69 Å². The lowest BCUT2D eigenvalue weighted by Crippen LogP contribution is -1.83. The van der Waals surface area contributed by atoms with Crippen LogP contribution in [-0.4, -0.2) is 13.1 Å². The Morgan fingerprint density at radius 1 is 0.889 bits per heavy atom.